The van der Waals surface area contributed by atoms with Crippen LogP contribution in [0, 0.1) is 18.6 Å². The molecular formula is C21H16F2N2O3S2. The van der Waals surface area contributed by atoms with E-state index in [1.54, 1.807) is 30.5 Å². The molecular weight excluding hydrogens is 430 g/mol. The Morgan fingerprint density at radius 3 is 2.53 bits per heavy atom. The number of nitrogens with one attached hydrogen (secondary N) is 1. The van der Waals surface area contributed by atoms with Crippen LogP contribution in [0.1, 0.15) is 20.8 Å². The Bertz CT molecular complexity index is 1270. The minimum atomic E-state index is -4.19. The Morgan fingerprint density at radius 1 is 1.10 bits per heavy atom. The summed E-state index contributed by atoms with van der Waals surface area (Å²) in [7, 11) is -4.19. The molecule has 1 aliphatic heterocycles. The predicted molar refractivity (Wildman–Crippen MR) is 113 cm³/mol. The van der Waals surface area contributed by atoms with Gasteiger partial charge in [-0.3, -0.25) is 9.10 Å². The molecule has 1 aliphatic rings. The maximum absolute atomic E-state index is 13.8. The number of carbonyl (C=O) groups excluding carboxylic acids is 1. The Labute approximate surface area is 176 Å². The molecule has 0 saturated heterocycles. The van der Waals surface area contributed by atoms with E-state index in [1.807, 2.05) is 0 Å². The van der Waals surface area contributed by atoms with Crippen LogP contribution in [0.4, 0.5) is 20.2 Å². The molecule has 0 atom stereocenters. The minimum Gasteiger partial charge on any atom is -0.360 e. The van der Waals surface area contributed by atoms with Crippen molar-refractivity contribution in [2.75, 3.05) is 9.62 Å². The summed E-state index contributed by atoms with van der Waals surface area (Å²) in [5, 5.41) is 4.35. The highest BCUT2D eigenvalue weighted by atomic mass is 32.2. The zero-order valence-corrected chi connectivity index (χ0v) is 17.4. The number of sulfonamides is 1. The SMILES string of the molecule is Cc1ccc(NC=C2C(=O)c3sccc3N(Cc3ccc(F)cc3)S2(=O)=O)cc1F. The second kappa shape index (κ2) is 7.66. The van der Waals surface area contributed by atoms with E-state index in [4.69, 9.17) is 0 Å². The lowest BCUT2D eigenvalue weighted by atomic mass is 10.2. The highest BCUT2D eigenvalue weighted by Crippen LogP contribution is 2.39. The molecule has 1 N–H and O–H groups in total. The van der Waals surface area contributed by atoms with Crippen molar-refractivity contribution in [3.8, 4) is 0 Å². The summed E-state index contributed by atoms with van der Waals surface area (Å²) in [6.07, 6.45) is 1.09. The molecule has 5 nitrogen and oxygen atoms in total. The Morgan fingerprint density at radius 2 is 1.83 bits per heavy atom. The molecule has 0 spiro atoms. The summed E-state index contributed by atoms with van der Waals surface area (Å²) >= 11 is 1.14. The van der Waals surface area contributed by atoms with Crippen LogP contribution in [0.15, 0.2) is 65.0 Å². The smallest absolute Gasteiger partial charge is 0.270 e. The van der Waals surface area contributed by atoms with Crippen molar-refractivity contribution >= 4 is 38.5 Å². The monoisotopic (exact) mass is 446 g/mol. The number of thiophene rings is 1. The first-order chi connectivity index (χ1) is 14.3. The lowest BCUT2D eigenvalue weighted by molar-refractivity contribution is 0.104. The Hall–Kier alpha value is -3.04. The van der Waals surface area contributed by atoms with E-state index in [0.29, 0.717) is 16.8 Å². The highest BCUT2D eigenvalue weighted by Gasteiger charge is 2.41. The van der Waals surface area contributed by atoms with Crippen LogP contribution in [-0.4, -0.2) is 14.2 Å². The maximum Gasteiger partial charge on any atom is 0.270 e. The van der Waals surface area contributed by atoms with E-state index >= 15 is 0 Å². The van der Waals surface area contributed by atoms with Gasteiger partial charge < -0.3 is 5.32 Å². The van der Waals surface area contributed by atoms with Crippen molar-refractivity contribution in [2.24, 2.45) is 0 Å². The number of halogens is 2. The van der Waals surface area contributed by atoms with Crippen molar-refractivity contribution in [1.29, 1.82) is 0 Å². The van der Waals surface area contributed by atoms with Crippen LogP contribution in [-0.2, 0) is 16.6 Å². The number of hydrogen-bond acceptors (Lipinski definition) is 5. The number of hydrogen-bond donors (Lipinski definition) is 1. The second-order valence-corrected chi connectivity index (χ2v) is 9.47. The molecule has 2 heterocycles. The summed E-state index contributed by atoms with van der Waals surface area (Å²) in [5.41, 5.74) is 1.62. The number of carbonyl (C=O) groups is 1. The van der Waals surface area contributed by atoms with Crippen LogP contribution < -0.4 is 9.62 Å². The molecule has 0 bridgehead atoms. The second-order valence-electron chi connectivity index (χ2n) is 6.72. The topological polar surface area (TPSA) is 66.5 Å². The van der Waals surface area contributed by atoms with E-state index in [1.165, 1.54) is 30.3 Å². The van der Waals surface area contributed by atoms with Gasteiger partial charge in [-0.15, -0.1) is 11.3 Å². The number of nitrogens with zero attached hydrogens (tertiary/aromatic N) is 1. The molecule has 0 amide bonds. The molecule has 1 aromatic heterocycles. The van der Waals surface area contributed by atoms with Gasteiger partial charge in [-0.1, -0.05) is 18.2 Å². The number of fused-ring (bicyclic) bond motifs is 1. The van der Waals surface area contributed by atoms with Crippen LogP contribution in [0.2, 0.25) is 0 Å². The average molecular weight is 447 g/mol. The lowest BCUT2D eigenvalue weighted by Gasteiger charge is -2.29. The van der Waals surface area contributed by atoms with Crippen molar-refractivity contribution in [3.05, 3.63) is 92.7 Å². The fraction of sp³-hybridized carbons (Fsp3) is 0.0952. The largest absolute Gasteiger partial charge is 0.360 e. The molecule has 0 saturated carbocycles. The lowest BCUT2D eigenvalue weighted by Crippen LogP contribution is -2.38. The van der Waals surface area contributed by atoms with Gasteiger partial charge >= 0.3 is 0 Å². The highest BCUT2D eigenvalue weighted by molar-refractivity contribution is 7.97. The molecule has 9 heteroatoms. The summed E-state index contributed by atoms with van der Waals surface area (Å²) in [5.74, 6) is -1.51. The van der Waals surface area contributed by atoms with Crippen LogP contribution in [0.25, 0.3) is 0 Å². The van der Waals surface area contributed by atoms with Crippen LogP contribution in [0.3, 0.4) is 0 Å². The minimum absolute atomic E-state index is 0.0594. The zero-order chi connectivity index (χ0) is 21.5. The maximum atomic E-state index is 13.8. The van der Waals surface area contributed by atoms with E-state index in [-0.39, 0.29) is 17.1 Å². The molecule has 0 aliphatic carbocycles. The van der Waals surface area contributed by atoms with E-state index in [9.17, 15) is 22.0 Å². The number of rotatable bonds is 4. The van der Waals surface area contributed by atoms with Crippen molar-refractivity contribution in [2.45, 2.75) is 13.5 Å². The first-order valence-electron chi connectivity index (χ1n) is 8.89. The molecule has 3 aromatic rings. The van der Waals surface area contributed by atoms with Gasteiger partial charge in [0.2, 0.25) is 5.78 Å². The molecule has 4 rings (SSSR count). The van der Waals surface area contributed by atoms with Crippen molar-refractivity contribution in [1.82, 2.24) is 0 Å². The third-order valence-electron chi connectivity index (χ3n) is 4.69. The number of Topliss-reactive ketones (excluding diaryl/α,β-unsaturated/α-hetero) is 1. The molecule has 2 aromatic carbocycles. The molecule has 0 radical (unpaired) electrons. The third kappa shape index (κ3) is 3.61. The Kier molecular flexibility index (Phi) is 5.17. The van der Waals surface area contributed by atoms with Gasteiger partial charge in [0, 0.05) is 11.9 Å². The van der Waals surface area contributed by atoms with Gasteiger partial charge in [-0.2, -0.15) is 0 Å². The van der Waals surface area contributed by atoms with E-state index < -0.39 is 32.3 Å². The third-order valence-corrected chi connectivity index (χ3v) is 7.36. The number of anilines is 2. The normalized spacial score (nSPS) is 16.6. The fourth-order valence-electron chi connectivity index (χ4n) is 3.04. The molecule has 154 valence electrons. The zero-order valence-electron chi connectivity index (χ0n) is 15.7. The number of aryl methyl sites for hydroxylation is 1. The van der Waals surface area contributed by atoms with Gasteiger partial charge in [0.25, 0.3) is 10.0 Å². The Balaban J connectivity index is 1.73. The van der Waals surface area contributed by atoms with Crippen molar-refractivity contribution in [3.63, 3.8) is 0 Å². The summed E-state index contributed by atoms with van der Waals surface area (Å²) < 4.78 is 54.6. The number of ketones is 1. The first-order valence-corrected chi connectivity index (χ1v) is 11.2. The van der Waals surface area contributed by atoms with E-state index in [0.717, 1.165) is 21.8 Å². The standard InChI is InChI=1S/C21H16F2N2O3S2/c1-13-2-7-16(10-17(13)23)24-11-19-20(26)21-18(8-9-29-21)25(30(19,27)28)12-14-3-5-15(22)6-4-14/h2-11,24H,12H2,1H3. The van der Waals surface area contributed by atoms with Gasteiger partial charge in [0.05, 0.1) is 12.2 Å². The summed E-state index contributed by atoms with van der Waals surface area (Å²) in [4.78, 5) is 12.7. The predicted octanol–water partition coefficient (Wildman–Crippen LogP) is 4.82. The van der Waals surface area contributed by atoms with E-state index in [2.05, 4.69) is 5.32 Å². The quantitative estimate of drug-likeness (QED) is 0.584. The van der Waals surface area contributed by atoms with Gasteiger partial charge in [0.15, 0.2) is 4.91 Å². The molecule has 30 heavy (non-hydrogen) atoms. The van der Waals surface area contributed by atoms with Crippen LogP contribution >= 0.6 is 11.3 Å². The van der Waals surface area contributed by atoms with Crippen LogP contribution in [0.5, 0.6) is 0 Å². The van der Waals surface area contributed by atoms with Gasteiger partial charge in [-0.25, -0.2) is 17.2 Å². The first kappa shape index (κ1) is 20.2. The van der Waals surface area contributed by atoms with Crippen molar-refractivity contribution < 1.29 is 22.0 Å². The summed E-state index contributed by atoms with van der Waals surface area (Å²) in [6.45, 7) is 1.55. The fourth-order valence-corrected chi connectivity index (χ4v) is 5.53. The number of allylic oxidation sites excluding steroid dienone is 1. The molecule has 0 fully saturated rings. The van der Waals surface area contributed by atoms with Gasteiger partial charge in [-0.05, 0) is 53.8 Å². The van der Waals surface area contributed by atoms with Gasteiger partial charge in [0.1, 0.15) is 16.5 Å². The summed E-state index contributed by atoms with van der Waals surface area (Å²) in [6, 6.07) is 11.4. The number of benzene rings is 2. The average Bonchev–Trinajstić information content (AvgIpc) is 3.19. The molecule has 0 unspecified atom stereocenters.